The molecule has 0 radical (unpaired) electrons. The van der Waals surface area contributed by atoms with Gasteiger partial charge < -0.3 is 20.8 Å². The highest BCUT2D eigenvalue weighted by Crippen LogP contribution is 2.28. The molecule has 0 amide bonds. The quantitative estimate of drug-likeness (QED) is 0.368. The number of benzene rings is 1. The number of rotatable bonds is 11. The molecule has 0 spiro atoms. The van der Waals surface area contributed by atoms with Crippen molar-refractivity contribution in [3.8, 4) is 0 Å². The van der Waals surface area contributed by atoms with Crippen LogP contribution in [0, 0.1) is 10.1 Å². The number of anilines is 2. The van der Waals surface area contributed by atoms with Crippen LogP contribution in [0.4, 0.5) is 17.1 Å². The summed E-state index contributed by atoms with van der Waals surface area (Å²) in [6.07, 6.45) is 2.07. The monoisotopic (exact) mass is 325 g/mol. The Labute approximate surface area is 136 Å². The second-order valence-corrected chi connectivity index (χ2v) is 5.64. The Hall–Kier alpha value is -1.86. The summed E-state index contributed by atoms with van der Waals surface area (Å²) in [5.41, 5.74) is 0.917. The third kappa shape index (κ3) is 6.83. The Morgan fingerprint density at radius 2 is 1.65 bits per heavy atom. The number of nitro benzene ring substituents is 1. The van der Waals surface area contributed by atoms with Crippen molar-refractivity contribution in [1.82, 2.24) is 0 Å². The van der Waals surface area contributed by atoms with E-state index in [0.717, 1.165) is 12.8 Å². The van der Waals surface area contributed by atoms with Gasteiger partial charge in [-0.25, -0.2) is 0 Å². The zero-order chi connectivity index (χ0) is 17.2. The lowest BCUT2D eigenvalue weighted by Gasteiger charge is -2.14. The molecule has 0 heterocycles. The van der Waals surface area contributed by atoms with Crippen LogP contribution in [0.25, 0.3) is 0 Å². The molecule has 1 rings (SSSR count). The minimum Gasteiger partial charge on any atom is -0.391 e. The highest BCUT2D eigenvalue weighted by atomic mass is 16.6. The molecule has 0 saturated heterocycles. The molecule has 0 aliphatic rings. The molecule has 7 nitrogen and oxygen atoms in total. The van der Waals surface area contributed by atoms with Gasteiger partial charge >= 0.3 is 0 Å². The van der Waals surface area contributed by atoms with Crippen molar-refractivity contribution in [1.29, 1.82) is 0 Å². The van der Waals surface area contributed by atoms with Gasteiger partial charge in [-0.1, -0.05) is 26.7 Å². The van der Waals surface area contributed by atoms with Crippen LogP contribution in [0.1, 0.15) is 39.5 Å². The van der Waals surface area contributed by atoms with Gasteiger partial charge in [0.1, 0.15) is 5.69 Å². The van der Waals surface area contributed by atoms with E-state index in [1.54, 1.807) is 12.1 Å². The smallest absolute Gasteiger partial charge is 0.294 e. The number of aliphatic hydroxyl groups excluding tert-OH is 2. The van der Waals surface area contributed by atoms with Crippen LogP contribution in [0.5, 0.6) is 0 Å². The van der Waals surface area contributed by atoms with Gasteiger partial charge in [0.05, 0.1) is 17.1 Å². The first kappa shape index (κ1) is 19.2. The van der Waals surface area contributed by atoms with Crippen molar-refractivity contribution >= 4 is 17.1 Å². The van der Waals surface area contributed by atoms with Gasteiger partial charge in [0.15, 0.2) is 0 Å². The summed E-state index contributed by atoms with van der Waals surface area (Å²) in [4.78, 5) is 10.8. The minimum atomic E-state index is -0.526. The molecule has 0 aliphatic carbocycles. The third-order valence-electron chi connectivity index (χ3n) is 3.51. The molecule has 7 heteroatoms. The van der Waals surface area contributed by atoms with Gasteiger partial charge in [0, 0.05) is 24.8 Å². The van der Waals surface area contributed by atoms with E-state index in [1.807, 2.05) is 13.8 Å². The SMILES string of the molecule is CCCC(O)CNc1ccc(NCC(O)CCC)c([N+](=O)[O-])c1. The van der Waals surface area contributed by atoms with E-state index >= 15 is 0 Å². The van der Waals surface area contributed by atoms with E-state index in [1.165, 1.54) is 6.07 Å². The molecular formula is C16H27N3O4. The Morgan fingerprint density at radius 3 is 2.17 bits per heavy atom. The van der Waals surface area contributed by atoms with Crippen molar-refractivity contribution in [3.63, 3.8) is 0 Å². The lowest BCUT2D eigenvalue weighted by molar-refractivity contribution is -0.383. The first-order valence-corrected chi connectivity index (χ1v) is 8.10. The maximum atomic E-state index is 11.2. The highest BCUT2D eigenvalue weighted by Gasteiger charge is 2.16. The summed E-state index contributed by atoms with van der Waals surface area (Å²) < 4.78 is 0. The van der Waals surface area contributed by atoms with E-state index in [0.29, 0.717) is 30.8 Å². The fourth-order valence-electron chi connectivity index (χ4n) is 2.28. The van der Waals surface area contributed by atoms with Crippen LogP contribution in [0.2, 0.25) is 0 Å². The van der Waals surface area contributed by atoms with E-state index in [-0.39, 0.29) is 12.2 Å². The van der Waals surface area contributed by atoms with Crippen LogP contribution >= 0.6 is 0 Å². The van der Waals surface area contributed by atoms with Gasteiger partial charge in [0.2, 0.25) is 0 Å². The number of hydrogen-bond donors (Lipinski definition) is 4. The second kappa shape index (κ2) is 10.0. The molecule has 0 fully saturated rings. The molecule has 1 aromatic carbocycles. The van der Waals surface area contributed by atoms with E-state index in [4.69, 9.17) is 0 Å². The Morgan fingerprint density at radius 1 is 1.09 bits per heavy atom. The Kier molecular flexibility index (Phi) is 8.36. The highest BCUT2D eigenvalue weighted by molar-refractivity contribution is 5.68. The Balaban J connectivity index is 2.72. The maximum absolute atomic E-state index is 11.2. The largest absolute Gasteiger partial charge is 0.391 e. The average molecular weight is 325 g/mol. The van der Waals surface area contributed by atoms with Crippen molar-refractivity contribution < 1.29 is 15.1 Å². The third-order valence-corrected chi connectivity index (χ3v) is 3.51. The summed E-state index contributed by atoms with van der Waals surface area (Å²) >= 11 is 0. The molecule has 0 saturated carbocycles. The number of nitrogens with zero attached hydrogens (tertiary/aromatic N) is 1. The van der Waals surface area contributed by atoms with E-state index in [9.17, 15) is 20.3 Å². The van der Waals surface area contributed by atoms with Gasteiger partial charge in [-0.3, -0.25) is 10.1 Å². The molecule has 130 valence electrons. The second-order valence-electron chi connectivity index (χ2n) is 5.64. The minimum absolute atomic E-state index is 0.0521. The summed E-state index contributed by atoms with van der Waals surface area (Å²) in [6.45, 7) is 4.59. The first-order valence-electron chi connectivity index (χ1n) is 8.10. The van der Waals surface area contributed by atoms with Crippen LogP contribution in [-0.2, 0) is 0 Å². The molecule has 0 aromatic heterocycles. The fraction of sp³-hybridized carbons (Fsp3) is 0.625. The summed E-state index contributed by atoms with van der Waals surface area (Å²) in [6, 6.07) is 4.78. The number of hydrogen-bond acceptors (Lipinski definition) is 6. The molecule has 0 aliphatic heterocycles. The summed E-state index contributed by atoms with van der Waals surface area (Å²) in [7, 11) is 0. The fourth-order valence-corrected chi connectivity index (χ4v) is 2.28. The number of nitro groups is 1. The van der Waals surface area contributed by atoms with Crippen molar-refractivity contribution in [3.05, 3.63) is 28.3 Å². The first-order chi connectivity index (χ1) is 11.0. The van der Waals surface area contributed by atoms with Crippen molar-refractivity contribution in [2.24, 2.45) is 0 Å². The zero-order valence-electron chi connectivity index (χ0n) is 13.8. The standard InChI is InChI=1S/C16H27N3O4/c1-3-5-13(20)10-17-12-7-8-15(16(9-12)19(22)23)18-11-14(21)6-4-2/h7-9,13-14,17-18,20-21H,3-6,10-11H2,1-2H3. The molecule has 2 unspecified atom stereocenters. The summed E-state index contributed by atoms with van der Waals surface area (Å²) in [5, 5.41) is 36.6. The van der Waals surface area contributed by atoms with Crippen molar-refractivity contribution in [2.45, 2.75) is 51.7 Å². The Bertz CT molecular complexity index is 496. The molecule has 1 aromatic rings. The van der Waals surface area contributed by atoms with Gasteiger partial charge in [-0.15, -0.1) is 0 Å². The molecule has 2 atom stereocenters. The van der Waals surface area contributed by atoms with Crippen LogP contribution in [0.3, 0.4) is 0 Å². The molecule has 4 N–H and O–H groups in total. The summed E-state index contributed by atoms with van der Waals surface area (Å²) in [5.74, 6) is 0. The zero-order valence-corrected chi connectivity index (χ0v) is 13.8. The average Bonchev–Trinajstić information content (AvgIpc) is 2.51. The lowest BCUT2D eigenvalue weighted by Crippen LogP contribution is -2.20. The topological polar surface area (TPSA) is 108 Å². The van der Waals surface area contributed by atoms with E-state index < -0.39 is 17.1 Å². The van der Waals surface area contributed by atoms with Crippen LogP contribution in [0.15, 0.2) is 18.2 Å². The lowest BCUT2D eigenvalue weighted by atomic mass is 10.2. The predicted molar refractivity (Wildman–Crippen MR) is 91.9 cm³/mol. The molecule has 23 heavy (non-hydrogen) atoms. The van der Waals surface area contributed by atoms with Crippen LogP contribution < -0.4 is 10.6 Å². The number of nitrogens with one attached hydrogen (secondary N) is 2. The number of aliphatic hydroxyl groups is 2. The molecule has 0 bridgehead atoms. The van der Waals surface area contributed by atoms with Crippen LogP contribution in [-0.4, -0.2) is 40.4 Å². The van der Waals surface area contributed by atoms with Crippen molar-refractivity contribution in [2.75, 3.05) is 23.7 Å². The molecular weight excluding hydrogens is 298 g/mol. The normalized spacial score (nSPS) is 13.4. The van der Waals surface area contributed by atoms with Gasteiger partial charge in [0.25, 0.3) is 5.69 Å². The maximum Gasteiger partial charge on any atom is 0.294 e. The predicted octanol–water partition coefficient (Wildman–Crippen LogP) is 2.74. The van der Waals surface area contributed by atoms with Gasteiger partial charge in [-0.05, 0) is 25.0 Å². The van der Waals surface area contributed by atoms with E-state index in [2.05, 4.69) is 10.6 Å². The van der Waals surface area contributed by atoms with Gasteiger partial charge in [-0.2, -0.15) is 0 Å².